The third kappa shape index (κ3) is 7.01. The highest BCUT2D eigenvalue weighted by molar-refractivity contribution is 5.89. The molecule has 0 atom stereocenters. The number of anilines is 3. The van der Waals surface area contributed by atoms with Crippen molar-refractivity contribution < 1.29 is 19.1 Å². The van der Waals surface area contributed by atoms with Gasteiger partial charge in [-0.3, -0.25) is 4.79 Å². The summed E-state index contributed by atoms with van der Waals surface area (Å²) in [6, 6.07) is 11.6. The minimum Gasteiger partial charge on any atom is -0.457 e. The molecule has 14 heteroatoms. The molecule has 1 saturated heterocycles. The molecule has 2 N–H and O–H groups in total. The molecule has 0 unspecified atom stereocenters. The second-order valence-corrected chi connectivity index (χ2v) is 11.8. The van der Waals surface area contributed by atoms with Crippen molar-refractivity contribution in [2.45, 2.75) is 33.3 Å². The normalized spacial score (nSPS) is 13.8. The maximum absolute atomic E-state index is 12.8. The number of carbonyl (C=O) groups is 2. The Morgan fingerprint density at radius 3 is 2.50 bits per heavy atom. The van der Waals surface area contributed by atoms with Crippen LogP contribution >= 0.6 is 0 Å². The zero-order chi connectivity index (χ0) is 32.3. The Hall–Kier alpha value is -5.66. The van der Waals surface area contributed by atoms with E-state index in [9.17, 15) is 9.59 Å². The number of carbonyl (C=O) groups excluding carboxylic acids is 2. The number of piperazine rings is 1. The average Bonchev–Trinajstić information content (AvgIpc) is 3.67. The van der Waals surface area contributed by atoms with Crippen molar-refractivity contribution in [2.75, 3.05) is 42.9 Å². The maximum atomic E-state index is 12.8. The lowest BCUT2D eigenvalue weighted by Gasteiger charge is -2.35. The van der Waals surface area contributed by atoms with Gasteiger partial charge in [0.15, 0.2) is 11.5 Å². The zero-order valence-corrected chi connectivity index (χ0v) is 26.2. The van der Waals surface area contributed by atoms with Gasteiger partial charge in [0, 0.05) is 62.9 Å². The van der Waals surface area contributed by atoms with Gasteiger partial charge in [-0.2, -0.15) is 10.2 Å². The van der Waals surface area contributed by atoms with Crippen molar-refractivity contribution in [3.63, 3.8) is 0 Å². The number of alkyl carbamates (subject to hydrolysis) is 1. The van der Waals surface area contributed by atoms with E-state index in [1.54, 1.807) is 40.8 Å². The van der Waals surface area contributed by atoms with Gasteiger partial charge in [0.1, 0.15) is 35.3 Å². The quantitative estimate of drug-likeness (QED) is 0.239. The number of aryl methyl sites for hydroxylation is 1. The SMILES string of the molecule is Cc1cc(Nc2ncnn3ccc(N4CCN(C(=O)/C=C/CNC(=O)OC(C)(C)C)CC4)c23)ccc1Oc1ccn2ncnc2c1. The van der Waals surface area contributed by atoms with Crippen LogP contribution in [0.3, 0.4) is 0 Å². The molecule has 0 bridgehead atoms. The smallest absolute Gasteiger partial charge is 0.407 e. The number of hydrogen-bond acceptors (Lipinski definition) is 10. The Bertz CT molecular complexity index is 1900. The molecule has 2 amide bonds. The highest BCUT2D eigenvalue weighted by Crippen LogP contribution is 2.32. The summed E-state index contributed by atoms with van der Waals surface area (Å²) >= 11 is 0. The van der Waals surface area contributed by atoms with Crippen molar-refractivity contribution in [3.8, 4) is 11.5 Å². The topological polar surface area (TPSA) is 144 Å². The van der Waals surface area contributed by atoms with Crippen LogP contribution in [0.15, 0.2) is 73.6 Å². The summed E-state index contributed by atoms with van der Waals surface area (Å²) in [4.78, 5) is 37.4. The van der Waals surface area contributed by atoms with E-state index >= 15 is 0 Å². The van der Waals surface area contributed by atoms with Crippen LogP contribution in [-0.2, 0) is 9.53 Å². The van der Waals surface area contributed by atoms with E-state index in [1.165, 1.54) is 18.7 Å². The summed E-state index contributed by atoms with van der Waals surface area (Å²) in [5.41, 5.74) is 3.76. The van der Waals surface area contributed by atoms with E-state index < -0.39 is 11.7 Å². The zero-order valence-electron chi connectivity index (χ0n) is 26.2. The van der Waals surface area contributed by atoms with Gasteiger partial charge in [-0.15, -0.1) is 0 Å². The molecule has 1 fully saturated rings. The summed E-state index contributed by atoms with van der Waals surface area (Å²) in [6.07, 6.45) is 9.34. The summed E-state index contributed by atoms with van der Waals surface area (Å²) in [5, 5.41) is 14.6. The van der Waals surface area contributed by atoms with Crippen LogP contribution in [0.1, 0.15) is 26.3 Å². The maximum Gasteiger partial charge on any atom is 0.407 e. The molecular formula is C32H36N10O4. The fourth-order valence-corrected chi connectivity index (χ4v) is 5.14. The first-order valence-corrected chi connectivity index (χ1v) is 15.0. The largest absolute Gasteiger partial charge is 0.457 e. The van der Waals surface area contributed by atoms with Crippen LogP contribution in [0.5, 0.6) is 11.5 Å². The molecule has 1 aromatic carbocycles. The molecule has 46 heavy (non-hydrogen) atoms. The summed E-state index contributed by atoms with van der Waals surface area (Å²) in [7, 11) is 0. The lowest BCUT2D eigenvalue weighted by molar-refractivity contribution is -0.126. The summed E-state index contributed by atoms with van der Waals surface area (Å²) in [6.45, 7) is 10.0. The molecule has 0 radical (unpaired) electrons. The minimum atomic E-state index is -0.575. The number of nitrogens with zero attached hydrogens (tertiary/aromatic N) is 8. The summed E-state index contributed by atoms with van der Waals surface area (Å²) in [5.74, 6) is 1.97. The van der Waals surface area contributed by atoms with Crippen LogP contribution in [0.4, 0.5) is 22.0 Å². The van der Waals surface area contributed by atoms with E-state index in [2.05, 4.69) is 35.7 Å². The van der Waals surface area contributed by atoms with Crippen molar-refractivity contribution in [2.24, 2.45) is 0 Å². The predicted molar refractivity (Wildman–Crippen MR) is 173 cm³/mol. The van der Waals surface area contributed by atoms with Gasteiger partial charge in [0.2, 0.25) is 5.91 Å². The fourth-order valence-electron chi connectivity index (χ4n) is 5.14. The van der Waals surface area contributed by atoms with E-state index in [4.69, 9.17) is 9.47 Å². The number of pyridine rings is 1. The third-order valence-corrected chi connectivity index (χ3v) is 7.31. The lowest BCUT2D eigenvalue weighted by Crippen LogP contribution is -2.48. The second-order valence-electron chi connectivity index (χ2n) is 11.8. The fraction of sp³-hybridized carbons (Fsp3) is 0.312. The standard InChI is InChI=1S/C32H36N10O4/c1-22-18-23(7-8-26(22)45-24-9-12-41-27(19-24)34-20-36-41)38-30-29-25(10-13-42(29)37-21-35-30)39-14-16-40(17-15-39)28(43)6-5-11-33-31(44)46-32(2,3)4/h5-10,12-13,18-21H,11,14-17H2,1-4H3,(H,33,44)(H,35,37,38)/b6-5+. The van der Waals surface area contributed by atoms with Gasteiger partial charge < -0.3 is 29.9 Å². The van der Waals surface area contributed by atoms with Crippen molar-refractivity contribution >= 4 is 40.4 Å². The van der Waals surface area contributed by atoms with E-state index in [-0.39, 0.29) is 12.5 Å². The molecule has 1 aliphatic heterocycles. The molecule has 0 aliphatic carbocycles. The number of rotatable bonds is 8. The van der Waals surface area contributed by atoms with Gasteiger partial charge >= 0.3 is 6.09 Å². The Kier molecular flexibility index (Phi) is 8.42. The highest BCUT2D eigenvalue weighted by atomic mass is 16.6. The molecule has 14 nitrogen and oxygen atoms in total. The summed E-state index contributed by atoms with van der Waals surface area (Å²) < 4.78 is 14.8. The number of hydrogen-bond donors (Lipinski definition) is 2. The number of benzene rings is 1. The van der Waals surface area contributed by atoms with Crippen LogP contribution < -0.4 is 20.3 Å². The number of aromatic nitrogens is 6. The Labute approximate surface area is 265 Å². The Morgan fingerprint density at radius 1 is 0.957 bits per heavy atom. The van der Waals surface area contributed by atoms with Gasteiger partial charge in [-0.05, 0) is 63.6 Å². The molecule has 0 saturated carbocycles. The number of fused-ring (bicyclic) bond motifs is 2. The van der Waals surface area contributed by atoms with Crippen LogP contribution in [0.25, 0.3) is 11.2 Å². The average molecular weight is 625 g/mol. The van der Waals surface area contributed by atoms with Crippen molar-refractivity contribution in [3.05, 3.63) is 79.2 Å². The number of ether oxygens (including phenoxy) is 2. The first kappa shape index (κ1) is 30.4. The van der Waals surface area contributed by atoms with E-state index in [1.807, 2.05) is 55.7 Å². The first-order chi connectivity index (χ1) is 22.1. The van der Waals surface area contributed by atoms with Gasteiger partial charge in [-0.25, -0.2) is 23.8 Å². The highest BCUT2D eigenvalue weighted by Gasteiger charge is 2.23. The van der Waals surface area contributed by atoms with Crippen molar-refractivity contribution in [1.82, 2.24) is 39.4 Å². The molecule has 1 aliphatic rings. The van der Waals surface area contributed by atoms with Crippen LogP contribution in [-0.4, -0.2) is 84.4 Å². The molecule has 238 valence electrons. The Balaban J connectivity index is 1.08. The number of amides is 2. The molecule has 5 heterocycles. The van der Waals surface area contributed by atoms with Gasteiger partial charge in [-0.1, -0.05) is 6.08 Å². The minimum absolute atomic E-state index is 0.0973. The Morgan fingerprint density at radius 2 is 1.72 bits per heavy atom. The predicted octanol–water partition coefficient (Wildman–Crippen LogP) is 4.35. The van der Waals surface area contributed by atoms with Crippen LogP contribution in [0.2, 0.25) is 0 Å². The molecule has 0 spiro atoms. The molecular weight excluding hydrogens is 588 g/mol. The van der Waals surface area contributed by atoms with E-state index in [0.29, 0.717) is 43.4 Å². The monoisotopic (exact) mass is 624 g/mol. The van der Waals surface area contributed by atoms with Gasteiger partial charge in [0.25, 0.3) is 0 Å². The number of nitrogens with one attached hydrogen (secondary N) is 2. The lowest BCUT2D eigenvalue weighted by atomic mass is 10.2. The van der Waals surface area contributed by atoms with E-state index in [0.717, 1.165) is 28.2 Å². The molecule has 6 rings (SSSR count). The molecule has 5 aromatic rings. The van der Waals surface area contributed by atoms with Gasteiger partial charge in [0.05, 0.1) is 5.69 Å². The second kappa shape index (κ2) is 12.8. The first-order valence-electron chi connectivity index (χ1n) is 15.0. The molecule has 4 aromatic heterocycles. The third-order valence-electron chi connectivity index (χ3n) is 7.31. The van der Waals surface area contributed by atoms with Crippen LogP contribution in [0, 0.1) is 6.92 Å². The van der Waals surface area contributed by atoms with Crippen molar-refractivity contribution in [1.29, 1.82) is 0 Å².